The fourth-order valence-electron chi connectivity index (χ4n) is 4.85. The lowest BCUT2D eigenvalue weighted by Crippen LogP contribution is -2.28. The third-order valence-corrected chi connectivity index (χ3v) is 6.53. The van der Waals surface area contributed by atoms with Crippen LogP contribution < -0.4 is 5.32 Å². The molecule has 6 heteroatoms. The predicted molar refractivity (Wildman–Crippen MR) is 128 cm³/mol. The van der Waals surface area contributed by atoms with Gasteiger partial charge in [0.25, 0.3) is 0 Å². The number of fused-ring (bicyclic) bond motifs is 4. The molecule has 1 aliphatic carbocycles. The van der Waals surface area contributed by atoms with Crippen molar-refractivity contribution in [1.82, 2.24) is 24.6 Å². The van der Waals surface area contributed by atoms with Crippen LogP contribution >= 0.6 is 0 Å². The van der Waals surface area contributed by atoms with Crippen LogP contribution in [0.3, 0.4) is 0 Å². The zero-order chi connectivity index (χ0) is 21.7. The molecule has 0 saturated carbocycles. The average molecular weight is 423 g/mol. The number of hydrogen-bond donors (Lipinski definition) is 2. The first kappa shape index (κ1) is 19.0. The summed E-state index contributed by atoms with van der Waals surface area (Å²) >= 11 is 0. The van der Waals surface area contributed by atoms with Crippen molar-refractivity contribution in [1.29, 1.82) is 0 Å². The standard InChI is InChI=1S/C26H26N6/c1-16(2)21-15-28-32-25(13-24(31-26(21)32)17-6-5-11-27-14-17)29-18-9-10-23-20(12-18)19-7-3-4-8-22(19)30-23/h3-8,11,13-16,18,29-30H,9-10,12H2,1-2H3. The quantitative estimate of drug-likeness (QED) is 0.409. The van der Waals surface area contributed by atoms with Crippen LogP contribution in [0, 0.1) is 0 Å². The van der Waals surface area contributed by atoms with E-state index in [-0.39, 0.29) is 0 Å². The molecule has 5 aromatic rings. The van der Waals surface area contributed by atoms with E-state index in [4.69, 9.17) is 10.1 Å². The Morgan fingerprint density at radius 1 is 1.12 bits per heavy atom. The molecule has 6 rings (SSSR count). The van der Waals surface area contributed by atoms with Crippen LogP contribution in [0.15, 0.2) is 61.1 Å². The second-order valence-electron chi connectivity index (χ2n) is 8.97. The molecule has 32 heavy (non-hydrogen) atoms. The van der Waals surface area contributed by atoms with Gasteiger partial charge in [0.05, 0.1) is 11.9 Å². The Morgan fingerprint density at radius 2 is 2.03 bits per heavy atom. The molecule has 0 aliphatic heterocycles. The highest BCUT2D eigenvalue weighted by Gasteiger charge is 2.24. The number of para-hydroxylation sites is 1. The van der Waals surface area contributed by atoms with Crippen molar-refractivity contribution in [3.8, 4) is 11.3 Å². The lowest BCUT2D eigenvalue weighted by Gasteiger charge is -2.25. The monoisotopic (exact) mass is 422 g/mol. The summed E-state index contributed by atoms with van der Waals surface area (Å²) in [6, 6.07) is 15.1. The minimum absolute atomic E-state index is 0.334. The highest BCUT2D eigenvalue weighted by atomic mass is 15.3. The molecule has 0 amide bonds. The largest absolute Gasteiger partial charge is 0.367 e. The van der Waals surface area contributed by atoms with Gasteiger partial charge in [-0.15, -0.1) is 0 Å². The van der Waals surface area contributed by atoms with Crippen LogP contribution in [0.4, 0.5) is 5.82 Å². The first-order valence-corrected chi connectivity index (χ1v) is 11.3. The summed E-state index contributed by atoms with van der Waals surface area (Å²) in [6.07, 6.45) is 8.71. The first-order chi connectivity index (χ1) is 15.7. The van der Waals surface area contributed by atoms with Gasteiger partial charge in [-0.3, -0.25) is 4.98 Å². The van der Waals surface area contributed by atoms with Gasteiger partial charge in [0.15, 0.2) is 5.65 Å². The van der Waals surface area contributed by atoms with E-state index in [0.717, 1.165) is 47.5 Å². The van der Waals surface area contributed by atoms with Gasteiger partial charge in [-0.2, -0.15) is 9.61 Å². The molecule has 4 aromatic heterocycles. The van der Waals surface area contributed by atoms with Crippen LogP contribution in [0.2, 0.25) is 0 Å². The minimum Gasteiger partial charge on any atom is -0.367 e. The number of anilines is 1. The van der Waals surface area contributed by atoms with Crippen LogP contribution in [-0.4, -0.2) is 30.6 Å². The summed E-state index contributed by atoms with van der Waals surface area (Å²) in [5.41, 5.74) is 8.04. The van der Waals surface area contributed by atoms with E-state index in [0.29, 0.717) is 12.0 Å². The lowest BCUT2D eigenvalue weighted by atomic mass is 9.91. The van der Waals surface area contributed by atoms with Crippen molar-refractivity contribution in [2.45, 2.75) is 45.1 Å². The summed E-state index contributed by atoms with van der Waals surface area (Å²) in [4.78, 5) is 12.9. The highest BCUT2D eigenvalue weighted by molar-refractivity contribution is 5.85. The van der Waals surface area contributed by atoms with Crippen LogP contribution in [0.5, 0.6) is 0 Å². The van der Waals surface area contributed by atoms with Crippen molar-refractivity contribution in [3.05, 3.63) is 77.9 Å². The van der Waals surface area contributed by atoms with Gasteiger partial charge in [0.1, 0.15) is 5.82 Å². The van der Waals surface area contributed by atoms with E-state index >= 15 is 0 Å². The second kappa shape index (κ2) is 7.48. The normalized spacial score (nSPS) is 16.0. The Bertz CT molecular complexity index is 1410. The maximum Gasteiger partial charge on any atom is 0.161 e. The molecule has 160 valence electrons. The molecule has 1 unspecified atom stereocenters. The zero-order valence-electron chi connectivity index (χ0n) is 18.3. The summed E-state index contributed by atoms with van der Waals surface area (Å²) < 4.78 is 1.96. The predicted octanol–water partition coefficient (Wildman–Crippen LogP) is 5.37. The van der Waals surface area contributed by atoms with E-state index in [1.807, 2.05) is 23.0 Å². The molecule has 0 spiro atoms. The number of hydrogen-bond acceptors (Lipinski definition) is 4. The fraction of sp³-hybridized carbons (Fsp3) is 0.269. The van der Waals surface area contributed by atoms with Crippen molar-refractivity contribution >= 4 is 22.4 Å². The van der Waals surface area contributed by atoms with Crippen molar-refractivity contribution in [2.24, 2.45) is 0 Å². The Labute approximate surface area is 186 Å². The first-order valence-electron chi connectivity index (χ1n) is 11.3. The lowest BCUT2D eigenvalue weighted by molar-refractivity contribution is 0.603. The molecule has 1 aromatic carbocycles. The van der Waals surface area contributed by atoms with Gasteiger partial charge < -0.3 is 10.3 Å². The van der Waals surface area contributed by atoms with Gasteiger partial charge in [-0.25, -0.2) is 4.98 Å². The maximum absolute atomic E-state index is 4.96. The highest BCUT2D eigenvalue weighted by Crippen LogP contribution is 2.32. The average Bonchev–Trinajstić information content (AvgIpc) is 3.41. The molecule has 0 fully saturated rings. The van der Waals surface area contributed by atoms with Gasteiger partial charge in [0, 0.05) is 52.2 Å². The Balaban J connectivity index is 1.41. The number of pyridine rings is 1. The number of aryl methyl sites for hydroxylation is 1. The Kier molecular flexibility index (Phi) is 4.45. The molecule has 0 saturated heterocycles. The SMILES string of the molecule is CC(C)c1cnn2c(NC3CCc4[nH]c5ccccc5c4C3)cc(-c3cccnc3)nc12. The molecule has 0 radical (unpaired) electrons. The van der Waals surface area contributed by atoms with E-state index < -0.39 is 0 Å². The topological polar surface area (TPSA) is 70.9 Å². The summed E-state index contributed by atoms with van der Waals surface area (Å²) in [5, 5.41) is 9.84. The van der Waals surface area contributed by atoms with Gasteiger partial charge >= 0.3 is 0 Å². The van der Waals surface area contributed by atoms with Crippen molar-refractivity contribution in [3.63, 3.8) is 0 Å². The van der Waals surface area contributed by atoms with Crippen LogP contribution in [-0.2, 0) is 12.8 Å². The van der Waals surface area contributed by atoms with E-state index in [2.05, 4.69) is 65.5 Å². The van der Waals surface area contributed by atoms with Gasteiger partial charge in [-0.05, 0) is 48.9 Å². The number of aromatic amines is 1. The summed E-state index contributed by atoms with van der Waals surface area (Å²) in [6.45, 7) is 4.37. The molecule has 2 N–H and O–H groups in total. The summed E-state index contributed by atoms with van der Waals surface area (Å²) in [7, 11) is 0. The maximum atomic E-state index is 4.96. The number of H-pyrrole nitrogens is 1. The number of nitrogens with one attached hydrogen (secondary N) is 2. The molecule has 4 heterocycles. The van der Waals surface area contributed by atoms with Crippen LogP contribution in [0.25, 0.3) is 27.8 Å². The second-order valence-corrected chi connectivity index (χ2v) is 8.97. The zero-order valence-corrected chi connectivity index (χ0v) is 18.3. The molecule has 1 aliphatic rings. The van der Waals surface area contributed by atoms with Crippen molar-refractivity contribution < 1.29 is 0 Å². The van der Waals surface area contributed by atoms with Gasteiger partial charge in [-0.1, -0.05) is 32.0 Å². The fourth-order valence-corrected chi connectivity index (χ4v) is 4.85. The number of benzene rings is 1. The Hall–Kier alpha value is -3.67. The molecule has 1 atom stereocenters. The molecular weight excluding hydrogens is 396 g/mol. The van der Waals surface area contributed by atoms with E-state index in [1.165, 1.54) is 22.2 Å². The third kappa shape index (κ3) is 3.14. The smallest absolute Gasteiger partial charge is 0.161 e. The minimum atomic E-state index is 0.334. The number of nitrogens with zero attached hydrogens (tertiary/aromatic N) is 4. The van der Waals surface area contributed by atoms with Gasteiger partial charge in [0.2, 0.25) is 0 Å². The number of aromatic nitrogens is 5. The Morgan fingerprint density at radius 3 is 2.88 bits per heavy atom. The number of rotatable bonds is 4. The summed E-state index contributed by atoms with van der Waals surface area (Å²) in [5.74, 6) is 1.33. The third-order valence-electron chi connectivity index (χ3n) is 6.53. The van der Waals surface area contributed by atoms with Crippen molar-refractivity contribution in [2.75, 3.05) is 5.32 Å². The van der Waals surface area contributed by atoms with E-state index in [1.54, 1.807) is 6.20 Å². The molecule has 0 bridgehead atoms. The van der Waals surface area contributed by atoms with E-state index in [9.17, 15) is 0 Å². The molecular formula is C26H26N6. The molecule has 6 nitrogen and oxygen atoms in total. The van der Waals surface area contributed by atoms with Crippen LogP contribution in [0.1, 0.15) is 43.0 Å².